The summed E-state index contributed by atoms with van der Waals surface area (Å²) in [5.41, 5.74) is 1.48. The second-order valence-electron chi connectivity index (χ2n) is 11.9. The van der Waals surface area contributed by atoms with Crippen LogP contribution in [-0.4, -0.2) is 39.9 Å². The van der Waals surface area contributed by atoms with Gasteiger partial charge in [-0.25, -0.2) is 0 Å². The first-order valence-electron chi connectivity index (χ1n) is 14.7. The van der Waals surface area contributed by atoms with E-state index in [9.17, 15) is 24.3 Å². The number of Topliss-reactive ketones (excluding diaryl/α,β-unsaturated/α-hetero) is 1. The number of ketones is 2. The Morgan fingerprint density at radius 2 is 1.60 bits per heavy atom. The molecule has 43 heavy (non-hydrogen) atoms. The predicted octanol–water partition coefficient (Wildman–Crippen LogP) is 5.89. The monoisotopic (exact) mass is 591 g/mol. The SMILES string of the molecule is CCN1C(=O)C2CC=C3C(CC4C(=O)C(c5ccccc5)=CC(=O)C4(c4ccccc4)C3c3cc(Cl)ccc3O)C2C1=O. The minimum absolute atomic E-state index is 0.0470. The molecule has 1 saturated heterocycles. The minimum atomic E-state index is -1.40. The molecule has 0 aromatic heterocycles. The zero-order chi connectivity index (χ0) is 30.0. The molecule has 7 rings (SSSR count). The number of nitrogens with zero attached hydrogens (tertiary/aromatic N) is 1. The van der Waals surface area contributed by atoms with Crippen LogP contribution in [0.4, 0.5) is 0 Å². The molecule has 1 N–H and O–H groups in total. The van der Waals surface area contributed by atoms with E-state index in [1.807, 2.05) is 66.7 Å². The standard InChI is InChI=1S/C36H30ClNO5/c1-2-38-34(42)24-15-14-23-26(31(24)35(38)43)18-28-33(41)25(20-9-5-3-6-10-20)19-30(40)36(28,21-11-7-4-8-12-21)32(23)27-17-22(37)13-16-29(27)39/h3-14,16-17,19,24,26,28,31-32,39H,2,15,18H2,1H3. The Bertz CT molecular complexity index is 1750. The van der Waals surface area contributed by atoms with Crippen molar-refractivity contribution in [3.8, 4) is 5.75 Å². The normalized spacial score (nSPS) is 29.9. The van der Waals surface area contributed by atoms with Gasteiger partial charge in [-0.2, -0.15) is 0 Å². The highest BCUT2D eigenvalue weighted by Gasteiger charge is 2.66. The van der Waals surface area contributed by atoms with Crippen LogP contribution in [0.15, 0.2) is 96.6 Å². The molecule has 2 fully saturated rings. The van der Waals surface area contributed by atoms with E-state index in [-0.39, 0.29) is 42.1 Å². The van der Waals surface area contributed by atoms with E-state index < -0.39 is 35.0 Å². The van der Waals surface area contributed by atoms with Crippen molar-refractivity contribution in [2.24, 2.45) is 23.7 Å². The van der Waals surface area contributed by atoms with E-state index in [1.54, 1.807) is 19.1 Å². The van der Waals surface area contributed by atoms with E-state index in [0.717, 1.165) is 5.57 Å². The number of fused-ring (bicyclic) bond motifs is 4. The third kappa shape index (κ3) is 3.85. The summed E-state index contributed by atoms with van der Waals surface area (Å²) in [7, 11) is 0. The van der Waals surface area contributed by atoms with Crippen LogP contribution in [-0.2, 0) is 24.6 Å². The van der Waals surface area contributed by atoms with Gasteiger partial charge in [0, 0.05) is 34.5 Å². The molecule has 3 aromatic rings. The van der Waals surface area contributed by atoms with Crippen LogP contribution in [0.3, 0.4) is 0 Å². The van der Waals surface area contributed by atoms with Crippen LogP contribution in [0.5, 0.6) is 5.75 Å². The number of phenols is 1. The molecule has 0 radical (unpaired) electrons. The first-order valence-corrected chi connectivity index (χ1v) is 15.1. The number of rotatable bonds is 4. The molecule has 6 atom stereocenters. The third-order valence-electron chi connectivity index (χ3n) is 10.1. The van der Waals surface area contributed by atoms with Crippen LogP contribution in [0.25, 0.3) is 5.57 Å². The fourth-order valence-corrected chi connectivity index (χ4v) is 8.53. The van der Waals surface area contributed by atoms with Crippen LogP contribution in [0.2, 0.25) is 5.02 Å². The van der Waals surface area contributed by atoms with Gasteiger partial charge in [-0.1, -0.05) is 83.9 Å². The van der Waals surface area contributed by atoms with Crippen molar-refractivity contribution < 1.29 is 24.3 Å². The fraction of sp³-hybridized carbons (Fsp3) is 0.278. The molecule has 4 aliphatic rings. The molecule has 216 valence electrons. The third-order valence-corrected chi connectivity index (χ3v) is 10.3. The number of allylic oxidation sites excluding steroid dienone is 4. The summed E-state index contributed by atoms with van der Waals surface area (Å²) in [4.78, 5) is 58.1. The maximum absolute atomic E-state index is 14.9. The highest BCUT2D eigenvalue weighted by atomic mass is 35.5. The van der Waals surface area contributed by atoms with Gasteiger partial charge >= 0.3 is 0 Å². The van der Waals surface area contributed by atoms with Crippen molar-refractivity contribution in [1.29, 1.82) is 0 Å². The van der Waals surface area contributed by atoms with E-state index in [0.29, 0.717) is 33.7 Å². The number of phenolic OH excluding ortho intramolecular Hbond substituents is 1. The van der Waals surface area contributed by atoms with E-state index >= 15 is 0 Å². The van der Waals surface area contributed by atoms with Gasteiger partial charge in [0.2, 0.25) is 11.8 Å². The Morgan fingerprint density at radius 1 is 0.907 bits per heavy atom. The second kappa shape index (κ2) is 10.2. The number of halogens is 1. The average molecular weight is 592 g/mol. The number of hydrogen-bond donors (Lipinski definition) is 1. The maximum Gasteiger partial charge on any atom is 0.233 e. The first kappa shape index (κ1) is 27.5. The van der Waals surface area contributed by atoms with Crippen LogP contribution in [0.1, 0.15) is 42.4 Å². The molecule has 3 aliphatic carbocycles. The lowest BCUT2D eigenvalue weighted by Crippen LogP contribution is -2.58. The predicted molar refractivity (Wildman–Crippen MR) is 162 cm³/mol. The first-order chi connectivity index (χ1) is 20.8. The Kier molecular flexibility index (Phi) is 6.51. The number of benzene rings is 3. The van der Waals surface area contributed by atoms with Crippen LogP contribution < -0.4 is 0 Å². The zero-order valence-electron chi connectivity index (χ0n) is 23.6. The maximum atomic E-state index is 14.9. The Hall–Kier alpha value is -4.29. The number of carbonyl (C=O) groups excluding carboxylic acids is 4. The second-order valence-corrected chi connectivity index (χ2v) is 12.3. The molecule has 0 bridgehead atoms. The van der Waals surface area contributed by atoms with Gasteiger partial charge in [-0.3, -0.25) is 24.1 Å². The number of amides is 2. The fourth-order valence-electron chi connectivity index (χ4n) is 8.35. The van der Waals surface area contributed by atoms with Crippen molar-refractivity contribution in [2.75, 3.05) is 6.54 Å². The van der Waals surface area contributed by atoms with Crippen molar-refractivity contribution in [3.05, 3.63) is 118 Å². The average Bonchev–Trinajstić information content (AvgIpc) is 3.28. The van der Waals surface area contributed by atoms with E-state index in [1.165, 1.54) is 17.0 Å². The topological polar surface area (TPSA) is 91.8 Å². The lowest BCUT2D eigenvalue weighted by molar-refractivity contribution is -0.140. The number of likely N-dealkylation sites (tertiary alicyclic amines) is 1. The summed E-state index contributed by atoms with van der Waals surface area (Å²) in [6, 6.07) is 23.2. The quantitative estimate of drug-likeness (QED) is 0.302. The van der Waals surface area contributed by atoms with Gasteiger partial charge in [0.25, 0.3) is 0 Å². The molecule has 7 heteroatoms. The van der Waals surface area contributed by atoms with Gasteiger partial charge in [0.05, 0.1) is 17.3 Å². The highest BCUT2D eigenvalue weighted by Crippen LogP contribution is 2.64. The van der Waals surface area contributed by atoms with Gasteiger partial charge in [0.1, 0.15) is 5.75 Å². The molecular weight excluding hydrogens is 562 g/mol. The molecule has 1 saturated carbocycles. The summed E-state index contributed by atoms with van der Waals surface area (Å²) in [5, 5.41) is 11.7. The van der Waals surface area contributed by atoms with E-state index in [2.05, 4.69) is 0 Å². The Labute approximate surface area is 254 Å². The summed E-state index contributed by atoms with van der Waals surface area (Å²) < 4.78 is 0. The van der Waals surface area contributed by atoms with Crippen LogP contribution in [0, 0.1) is 23.7 Å². The summed E-state index contributed by atoms with van der Waals surface area (Å²) >= 11 is 6.52. The number of hydrogen-bond acceptors (Lipinski definition) is 5. The van der Waals surface area contributed by atoms with Gasteiger partial charge in [-0.15, -0.1) is 0 Å². The molecule has 1 heterocycles. The van der Waals surface area contributed by atoms with Crippen LogP contribution >= 0.6 is 11.6 Å². The Morgan fingerprint density at radius 3 is 2.30 bits per heavy atom. The lowest BCUT2D eigenvalue weighted by Gasteiger charge is -2.55. The number of imide groups is 1. The summed E-state index contributed by atoms with van der Waals surface area (Å²) in [6.07, 6.45) is 4.02. The van der Waals surface area contributed by atoms with Crippen molar-refractivity contribution >= 4 is 40.6 Å². The summed E-state index contributed by atoms with van der Waals surface area (Å²) in [6.45, 7) is 2.07. The van der Waals surface area contributed by atoms with Crippen molar-refractivity contribution in [2.45, 2.75) is 31.1 Å². The Balaban J connectivity index is 1.53. The smallest absolute Gasteiger partial charge is 0.233 e. The number of aromatic hydroxyl groups is 1. The number of carbonyl (C=O) groups is 4. The molecular formula is C36H30ClNO5. The molecule has 6 nitrogen and oxygen atoms in total. The zero-order valence-corrected chi connectivity index (χ0v) is 24.3. The minimum Gasteiger partial charge on any atom is -0.508 e. The molecule has 2 amide bonds. The van der Waals surface area contributed by atoms with Gasteiger partial charge in [0.15, 0.2) is 11.6 Å². The largest absolute Gasteiger partial charge is 0.508 e. The van der Waals surface area contributed by atoms with Gasteiger partial charge in [-0.05, 0) is 61.1 Å². The highest BCUT2D eigenvalue weighted by molar-refractivity contribution is 6.32. The van der Waals surface area contributed by atoms with Crippen molar-refractivity contribution in [1.82, 2.24) is 4.90 Å². The summed E-state index contributed by atoms with van der Waals surface area (Å²) in [5.74, 6) is -4.17. The molecule has 0 spiro atoms. The molecule has 6 unspecified atom stereocenters. The molecule has 1 aliphatic heterocycles. The molecule has 3 aromatic carbocycles. The van der Waals surface area contributed by atoms with Crippen molar-refractivity contribution in [3.63, 3.8) is 0 Å². The van der Waals surface area contributed by atoms with E-state index in [4.69, 9.17) is 11.6 Å². The lowest BCUT2D eigenvalue weighted by atomic mass is 9.44. The van der Waals surface area contributed by atoms with Gasteiger partial charge < -0.3 is 5.11 Å².